The summed E-state index contributed by atoms with van der Waals surface area (Å²) in [6.45, 7) is 6.77. The van der Waals surface area contributed by atoms with Crippen molar-refractivity contribution in [1.29, 1.82) is 0 Å². The first-order valence-corrected chi connectivity index (χ1v) is 10.1. The molecule has 148 valence electrons. The predicted octanol–water partition coefficient (Wildman–Crippen LogP) is 0.322. The number of nitrogens with two attached hydrogens (primary N) is 1. The van der Waals surface area contributed by atoms with E-state index >= 15 is 0 Å². The first-order valence-electron chi connectivity index (χ1n) is 10.1. The third kappa shape index (κ3) is 4.54. The summed E-state index contributed by atoms with van der Waals surface area (Å²) in [4.78, 5) is 17.3. The van der Waals surface area contributed by atoms with E-state index in [9.17, 15) is 9.90 Å². The van der Waals surface area contributed by atoms with Gasteiger partial charge in [-0.3, -0.25) is 9.69 Å². The minimum Gasteiger partial charge on any atom is -0.491 e. The number of hydrogen-bond donors (Lipinski definition) is 3. The van der Waals surface area contributed by atoms with Gasteiger partial charge in [0, 0.05) is 63.4 Å². The molecule has 1 amide bonds. The number of carbonyl (C=O) groups excluding carboxylic acids is 1. The second-order valence-corrected chi connectivity index (χ2v) is 8.02. The number of fused-ring (bicyclic) bond motifs is 1. The van der Waals surface area contributed by atoms with E-state index in [-0.39, 0.29) is 12.5 Å². The van der Waals surface area contributed by atoms with Crippen LogP contribution < -0.4 is 15.8 Å². The highest BCUT2D eigenvalue weighted by molar-refractivity contribution is 5.97. The van der Waals surface area contributed by atoms with Gasteiger partial charge in [0.25, 0.3) is 5.91 Å². The van der Waals surface area contributed by atoms with Crippen LogP contribution in [0.1, 0.15) is 28.8 Å². The normalized spacial score (nSPS) is 21.5. The summed E-state index contributed by atoms with van der Waals surface area (Å²) >= 11 is 0. The number of benzene rings is 1. The molecule has 0 radical (unpaired) electrons. The van der Waals surface area contributed by atoms with Crippen molar-refractivity contribution < 1.29 is 14.6 Å². The Kier molecular flexibility index (Phi) is 5.52. The molecular weight excluding hydrogens is 344 g/mol. The Balaban J connectivity index is 1.22. The fraction of sp³-hybridized carbons (Fsp3) is 0.650. The molecule has 4 rings (SSSR count). The van der Waals surface area contributed by atoms with Crippen molar-refractivity contribution in [3.05, 3.63) is 23.3 Å². The van der Waals surface area contributed by atoms with Gasteiger partial charge in [-0.25, -0.2) is 0 Å². The number of hydrogen-bond acceptors (Lipinski definition) is 6. The lowest BCUT2D eigenvalue weighted by molar-refractivity contribution is 0.0673. The fourth-order valence-corrected chi connectivity index (χ4v) is 4.02. The zero-order valence-electron chi connectivity index (χ0n) is 15.8. The molecule has 2 aliphatic heterocycles. The quantitative estimate of drug-likeness (QED) is 0.596. The van der Waals surface area contributed by atoms with Gasteiger partial charge in [0.2, 0.25) is 0 Å². The van der Waals surface area contributed by atoms with Gasteiger partial charge in [-0.1, -0.05) is 0 Å². The molecule has 1 atom stereocenters. The van der Waals surface area contributed by atoms with E-state index in [0.717, 1.165) is 37.7 Å². The predicted molar refractivity (Wildman–Crippen MR) is 104 cm³/mol. The van der Waals surface area contributed by atoms with Crippen molar-refractivity contribution in [2.75, 3.05) is 58.2 Å². The summed E-state index contributed by atoms with van der Waals surface area (Å²) in [6.07, 6.45) is 2.91. The van der Waals surface area contributed by atoms with Crippen LogP contribution in [-0.2, 0) is 6.42 Å². The molecule has 1 aromatic carbocycles. The monoisotopic (exact) mass is 374 g/mol. The van der Waals surface area contributed by atoms with E-state index in [1.54, 1.807) is 12.1 Å². The standard InChI is InChI=1S/C20H30N4O3/c21-18-4-3-17(16-5-10-27-19(16)18)20(26)22-11-15(25)13-24-8-6-23(7-9-24)12-14-1-2-14/h3-4,14-15,25H,1-2,5-13,21H2,(H,22,26)/t15-/m0/s1. The van der Waals surface area contributed by atoms with Gasteiger partial charge in [-0.2, -0.15) is 0 Å². The number of aliphatic hydroxyl groups excluding tert-OH is 1. The smallest absolute Gasteiger partial charge is 0.251 e. The van der Waals surface area contributed by atoms with E-state index in [4.69, 9.17) is 10.5 Å². The molecule has 1 aromatic rings. The maximum Gasteiger partial charge on any atom is 0.251 e. The lowest BCUT2D eigenvalue weighted by Crippen LogP contribution is -2.50. The summed E-state index contributed by atoms with van der Waals surface area (Å²) in [6, 6.07) is 3.44. The van der Waals surface area contributed by atoms with E-state index in [1.807, 2.05) is 0 Å². The molecule has 1 aliphatic carbocycles. The van der Waals surface area contributed by atoms with Gasteiger partial charge in [0.15, 0.2) is 0 Å². The zero-order chi connectivity index (χ0) is 18.8. The minimum absolute atomic E-state index is 0.176. The minimum atomic E-state index is -0.568. The second-order valence-electron chi connectivity index (χ2n) is 8.02. The molecule has 4 N–H and O–H groups in total. The van der Waals surface area contributed by atoms with Gasteiger partial charge < -0.3 is 25.8 Å². The van der Waals surface area contributed by atoms with Crippen LogP contribution in [0.5, 0.6) is 5.75 Å². The number of anilines is 1. The highest BCUT2D eigenvalue weighted by Crippen LogP contribution is 2.34. The average Bonchev–Trinajstić information content (AvgIpc) is 3.33. The van der Waals surface area contributed by atoms with Crippen LogP contribution in [0.25, 0.3) is 0 Å². The SMILES string of the molecule is Nc1ccc(C(=O)NC[C@H](O)CN2CCN(CC3CC3)CC2)c2c1OCC2. The summed E-state index contributed by atoms with van der Waals surface area (Å²) < 4.78 is 5.52. The molecule has 7 heteroatoms. The molecule has 0 spiro atoms. The van der Waals surface area contributed by atoms with Crippen molar-refractivity contribution in [2.45, 2.75) is 25.4 Å². The Bertz CT molecular complexity index is 684. The zero-order valence-corrected chi connectivity index (χ0v) is 15.8. The van der Waals surface area contributed by atoms with Crippen molar-refractivity contribution in [3.63, 3.8) is 0 Å². The lowest BCUT2D eigenvalue weighted by atomic mass is 10.0. The number of nitrogens with zero attached hydrogens (tertiary/aromatic N) is 2. The van der Waals surface area contributed by atoms with Crippen LogP contribution in [0.2, 0.25) is 0 Å². The molecule has 27 heavy (non-hydrogen) atoms. The van der Waals surface area contributed by atoms with Crippen LogP contribution in [0, 0.1) is 5.92 Å². The summed E-state index contributed by atoms with van der Waals surface area (Å²) in [5.74, 6) is 1.38. The van der Waals surface area contributed by atoms with Crippen molar-refractivity contribution >= 4 is 11.6 Å². The maximum absolute atomic E-state index is 12.5. The second kappa shape index (κ2) is 8.04. The molecule has 2 fully saturated rings. The van der Waals surface area contributed by atoms with Crippen molar-refractivity contribution in [3.8, 4) is 5.75 Å². The Labute approximate surface area is 160 Å². The van der Waals surface area contributed by atoms with Crippen molar-refractivity contribution in [1.82, 2.24) is 15.1 Å². The molecule has 3 aliphatic rings. The van der Waals surface area contributed by atoms with Gasteiger partial charge in [0.05, 0.1) is 18.4 Å². The number of piperazine rings is 1. The fourth-order valence-electron chi connectivity index (χ4n) is 4.02. The molecule has 0 aromatic heterocycles. The highest BCUT2D eigenvalue weighted by Gasteiger charge is 2.27. The van der Waals surface area contributed by atoms with Gasteiger partial charge >= 0.3 is 0 Å². The summed E-state index contributed by atoms with van der Waals surface area (Å²) in [5.41, 5.74) is 7.93. The third-order valence-electron chi connectivity index (χ3n) is 5.78. The van der Waals surface area contributed by atoms with E-state index in [0.29, 0.717) is 36.6 Å². The lowest BCUT2D eigenvalue weighted by Gasteiger charge is -2.35. The Morgan fingerprint density at radius 2 is 2.00 bits per heavy atom. The number of nitrogen functional groups attached to an aromatic ring is 1. The van der Waals surface area contributed by atoms with Gasteiger partial charge in [-0.15, -0.1) is 0 Å². The molecular formula is C20H30N4O3. The first-order chi connectivity index (χ1) is 13.1. The van der Waals surface area contributed by atoms with Crippen LogP contribution in [0.15, 0.2) is 12.1 Å². The van der Waals surface area contributed by atoms with Gasteiger partial charge in [0.1, 0.15) is 5.75 Å². The molecule has 1 saturated carbocycles. The third-order valence-corrected chi connectivity index (χ3v) is 5.78. The van der Waals surface area contributed by atoms with Crippen LogP contribution >= 0.6 is 0 Å². The van der Waals surface area contributed by atoms with Gasteiger partial charge in [-0.05, 0) is 30.9 Å². The van der Waals surface area contributed by atoms with E-state index < -0.39 is 6.10 Å². The molecule has 7 nitrogen and oxygen atoms in total. The number of rotatable bonds is 7. The Hall–Kier alpha value is -1.83. The largest absolute Gasteiger partial charge is 0.491 e. The molecule has 2 heterocycles. The molecule has 1 saturated heterocycles. The maximum atomic E-state index is 12.5. The van der Waals surface area contributed by atoms with Crippen LogP contribution in [-0.4, -0.2) is 79.3 Å². The molecule has 0 unspecified atom stereocenters. The number of nitrogens with one attached hydrogen (secondary N) is 1. The Morgan fingerprint density at radius 3 is 2.74 bits per heavy atom. The highest BCUT2D eigenvalue weighted by atomic mass is 16.5. The van der Waals surface area contributed by atoms with Crippen molar-refractivity contribution in [2.24, 2.45) is 5.92 Å². The Morgan fingerprint density at radius 1 is 1.26 bits per heavy atom. The molecule has 0 bridgehead atoms. The van der Waals surface area contributed by atoms with E-state index in [1.165, 1.54) is 19.4 Å². The summed E-state index contributed by atoms with van der Waals surface area (Å²) in [5, 5.41) is 13.2. The topological polar surface area (TPSA) is 91.1 Å². The number of aliphatic hydroxyl groups is 1. The number of β-amino-alcohol motifs (C(OH)–C–C–N with tert-alkyl or cyclic N) is 1. The number of ether oxygens (including phenoxy) is 1. The number of amides is 1. The van der Waals surface area contributed by atoms with E-state index in [2.05, 4.69) is 15.1 Å². The van der Waals surface area contributed by atoms with Crippen LogP contribution in [0.3, 0.4) is 0 Å². The summed E-state index contributed by atoms with van der Waals surface area (Å²) in [7, 11) is 0. The van der Waals surface area contributed by atoms with Crippen LogP contribution in [0.4, 0.5) is 5.69 Å². The first kappa shape index (κ1) is 18.5. The number of carbonyl (C=O) groups is 1. The average molecular weight is 374 g/mol.